The summed E-state index contributed by atoms with van der Waals surface area (Å²) in [5, 5.41) is 22.4. The minimum Gasteiger partial charge on any atom is -0.494 e. The molecule has 3 rings (SSSR count). The van der Waals surface area contributed by atoms with E-state index in [0.29, 0.717) is 17.9 Å². The lowest BCUT2D eigenvalue weighted by atomic mass is 10.2. The molecular formula is C22H18ClN3O7. The van der Waals surface area contributed by atoms with E-state index in [1.807, 2.05) is 6.92 Å². The van der Waals surface area contributed by atoms with Gasteiger partial charge < -0.3 is 14.2 Å². The van der Waals surface area contributed by atoms with Gasteiger partial charge in [0.15, 0.2) is 11.5 Å². The molecule has 0 atom stereocenters. The number of nitro groups is 2. The van der Waals surface area contributed by atoms with E-state index in [1.54, 1.807) is 42.6 Å². The van der Waals surface area contributed by atoms with Gasteiger partial charge >= 0.3 is 5.69 Å². The van der Waals surface area contributed by atoms with Crippen molar-refractivity contribution in [3.05, 3.63) is 85.4 Å². The Morgan fingerprint density at radius 3 is 2.33 bits per heavy atom. The zero-order valence-electron chi connectivity index (χ0n) is 17.6. The Morgan fingerprint density at radius 2 is 1.73 bits per heavy atom. The monoisotopic (exact) mass is 471 g/mol. The van der Waals surface area contributed by atoms with E-state index in [-0.39, 0.29) is 22.3 Å². The van der Waals surface area contributed by atoms with Crippen LogP contribution in [0.15, 0.2) is 59.6 Å². The van der Waals surface area contributed by atoms with Gasteiger partial charge in [0.2, 0.25) is 5.75 Å². The first-order valence-corrected chi connectivity index (χ1v) is 9.95. The number of benzene rings is 3. The molecule has 0 aliphatic carbocycles. The highest BCUT2D eigenvalue weighted by Crippen LogP contribution is 2.42. The Hall–Kier alpha value is -4.18. The molecule has 0 N–H and O–H groups in total. The number of hydrogen-bond acceptors (Lipinski definition) is 8. The Labute approximate surface area is 193 Å². The lowest BCUT2D eigenvalue weighted by molar-refractivity contribution is -0.394. The highest BCUT2D eigenvalue weighted by atomic mass is 35.5. The number of methoxy groups -OCH3 is 1. The minimum atomic E-state index is -0.777. The van der Waals surface area contributed by atoms with E-state index in [0.717, 1.165) is 23.9 Å². The Kier molecular flexibility index (Phi) is 7.42. The molecule has 33 heavy (non-hydrogen) atoms. The average Bonchev–Trinajstić information content (AvgIpc) is 2.80. The molecule has 0 radical (unpaired) electrons. The van der Waals surface area contributed by atoms with Crippen molar-refractivity contribution in [1.82, 2.24) is 0 Å². The van der Waals surface area contributed by atoms with Crippen LogP contribution < -0.4 is 14.2 Å². The van der Waals surface area contributed by atoms with E-state index >= 15 is 0 Å². The molecule has 0 aromatic heterocycles. The maximum absolute atomic E-state index is 11.4. The fourth-order valence-corrected chi connectivity index (χ4v) is 3.07. The number of aliphatic imine (C=N–C) groups is 1. The number of hydrogen-bond donors (Lipinski definition) is 0. The van der Waals surface area contributed by atoms with Crippen LogP contribution in [0.2, 0.25) is 5.02 Å². The van der Waals surface area contributed by atoms with Crippen molar-refractivity contribution in [1.29, 1.82) is 0 Å². The molecule has 11 heteroatoms. The summed E-state index contributed by atoms with van der Waals surface area (Å²) in [6.45, 7) is 2.47. The second-order valence-electron chi connectivity index (χ2n) is 6.49. The van der Waals surface area contributed by atoms with Crippen LogP contribution in [0.5, 0.6) is 23.0 Å². The summed E-state index contributed by atoms with van der Waals surface area (Å²) in [6.07, 6.45) is 1.57. The minimum absolute atomic E-state index is 0.0225. The maximum Gasteiger partial charge on any atom is 0.318 e. The molecule has 0 unspecified atom stereocenters. The number of non-ortho nitro benzene ring substituents is 1. The Morgan fingerprint density at radius 1 is 1.00 bits per heavy atom. The zero-order chi connectivity index (χ0) is 24.0. The smallest absolute Gasteiger partial charge is 0.318 e. The molecule has 0 aliphatic rings. The summed E-state index contributed by atoms with van der Waals surface area (Å²) in [5.41, 5.74) is 0.267. The van der Waals surface area contributed by atoms with Gasteiger partial charge in [-0.1, -0.05) is 11.6 Å². The number of nitrogens with zero attached hydrogens (tertiary/aromatic N) is 3. The van der Waals surface area contributed by atoms with Crippen LogP contribution in [-0.2, 0) is 0 Å². The molecule has 3 aromatic rings. The molecule has 0 amide bonds. The molecule has 0 saturated carbocycles. The second kappa shape index (κ2) is 10.4. The third kappa shape index (κ3) is 5.74. The van der Waals surface area contributed by atoms with Crippen LogP contribution >= 0.6 is 11.6 Å². The largest absolute Gasteiger partial charge is 0.494 e. The lowest BCUT2D eigenvalue weighted by Gasteiger charge is -2.13. The highest BCUT2D eigenvalue weighted by Gasteiger charge is 2.23. The Balaban J connectivity index is 1.89. The van der Waals surface area contributed by atoms with E-state index in [2.05, 4.69) is 4.99 Å². The van der Waals surface area contributed by atoms with Gasteiger partial charge in [-0.05, 0) is 55.0 Å². The lowest BCUT2D eigenvalue weighted by Crippen LogP contribution is -1.98. The van der Waals surface area contributed by atoms with E-state index < -0.39 is 21.2 Å². The highest BCUT2D eigenvalue weighted by molar-refractivity contribution is 6.32. The third-order valence-corrected chi connectivity index (χ3v) is 4.60. The predicted octanol–water partition coefficient (Wildman–Crippen LogP) is 6.11. The van der Waals surface area contributed by atoms with Crippen molar-refractivity contribution in [2.75, 3.05) is 13.7 Å². The van der Waals surface area contributed by atoms with Crippen molar-refractivity contribution in [3.63, 3.8) is 0 Å². The van der Waals surface area contributed by atoms with Crippen molar-refractivity contribution in [2.45, 2.75) is 6.92 Å². The molecular weight excluding hydrogens is 454 g/mol. The predicted molar refractivity (Wildman–Crippen MR) is 123 cm³/mol. The summed E-state index contributed by atoms with van der Waals surface area (Å²) in [5.74, 6) is 0.738. The standard InChI is InChI=1S/C22H18ClN3O7/c1-3-32-17-7-4-15(5-8-17)24-13-14-10-18(23)22(21(11-14)31-2)33-20-9-6-16(25(27)28)12-19(20)26(29)30/h4-13H,3H2,1-2H3. The molecule has 0 aliphatic heterocycles. The first-order valence-electron chi connectivity index (χ1n) is 9.57. The second-order valence-corrected chi connectivity index (χ2v) is 6.89. The fraction of sp³-hybridized carbons (Fsp3) is 0.136. The first-order chi connectivity index (χ1) is 15.8. The van der Waals surface area contributed by atoms with Gasteiger partial charge in [0.05, 0.1) is 40.3 Å². The fourth-order valence-electron chi connectivity index (χ4n) is 2.82. The molecule has 0 fully saturated rings. The van der Waals surface area contributed by atoms with Crippen molar-refractivity contribution in [2.24, 2.45) is 4.99 Å². The zero-order valence-corrected chi connectivity index (χ0v) is 18.3. The quantitative estimate of drug-likeness (QED) is 0.209. The number of halogens is 1. The topological polar surface area (TPSA) is 126 Å². The maximum atomic E-state index is 11.4. The number of nitro benzene ring substituents is 2. The van der Waals surface area contributed by atoms with Crippen LogP contribution in [0.1, 0.15) is 12.5 Å². The van der Waals surface area contributed by atoms with Gasteiger partial charge in [0.1, 0.15) is 5.75 Å². The van der Waals surface area contributed by atoms with E-state index in [9.17, 15) is 20.2 Å². The SMILES string of the molecule is CCOc1ccc(N=Cc2cc(Cl)c(Oc3ccc([N+](=O)[O-])cc3[N+](=O)[O-])c(OC)c2)cc1. The van der Waals surface area contributed by atoms with E-state index in [4.69, 9.17) is 25.8 Å². The van der Waals surface area contributed by atoms with Gasteiger partial charge in [0.25, 0.3) is 5.69 Å². The molecule has 0 bridgehead atoms. The molecule has 0 spiro atoms. The van der Waals surface area contributed by atoms with E-state index in [1.165, 1.54) is 7.11 Å². The van der Waals surface area contributed by atoms with Crippen LogP contribution in [0.4, 0.5) is 17.1 Å². The normalized spacial score (nSPS) is 10.8. The first kappa shape index (κ1) is 23.5. The van der Waals surface area contributed by atoms with Crippen LogP contribution in [0, 0.1) is 20.2 Å². The van der Waals surface area contributed by atoms with Gasteiger partial charge in [-0.25, -0.2) is 0 Å². The van der Waals surface area contributed by atoms with Crippen LogP contribution in [0.3, 0.4) is 0 Å². The molecule has 10 nitrogen and oxygen atoms in total. The molecule has 170 valence electrons. The molecule has 3 aromatic carbocycles. The van der Waals surface area contributed by atoms with Gasteiger partial charge in [0, 0.05) is 12.3 Å². The van der Waals surface area contributed by atoms with Crippen molar-refractivity contribution in [3.8, 4) is 23.0 Å². The molecule has 0 heterocycles. The van der Waals surface area contributed by atoms with Crippen LogP contribution in [0.25, 0.3) is 0 Å². The number of ether oxygens (including phenoxy) is 3. The summed E-state index contributed by atoms with van der Waals surface area (Å²) in [7, 11) is 1.39. The summed E-state index contributed by atoms with van der Waals surface area (Å²) in [4.78, 5) is 25.2. The van der Waals surface area contributed by atoms with Gasteiger partial charge in [-0.15, -0.1) is 0 Å². The van der Waals surface area contributed by atoms with Gasteiger partial charge in [-0.3, -0.25) is 25.2 Å². The average molecular weight is 472 g/mol. The number of rotatable bonds is 9. The summed E-state index contributed by atoms with van der Waals surface area (Å²) in [6, 6.07) is 13.4. The van der Waals surface area contributed by atoms with Gasteiger partial charge in [-0.2, -0.15) is 0 Å². The van der Waals surface area contributed by atoms with Crippen molar-refractivity contribution >= 4 is 34.9 Å². The molecule has 0 saturated heterocycles. The summed E-state index contributed by atoms with van der Waals surface area (Å²) < 4.78 is 16.4. The summed E-state index contributed by atoms with van der Waals surface area (Å²) >= 11 is 6.35. The van der Waals surface area contributed by atoms with Crippen molar-refractivity contribution < 1.29 is 24.1 Å². The van der Waals surface area contributed by atoms with Crippen LogP contribution in [-0.4, -0.2) is 29.8 Å². The third-order valence-electron chi connectivity index (χ3n) is 4.32. The Bertz CT molecular complexity index is 1210.